The molecular weight excluding hydrogens is 268 g/mol. The Morgan fingerprint density at radius 3 is 2.45 bits per heavy atom. The van der Waals surface area contributed by atoms with E-state index in [1.165, 1.54) is 5.56 Å². The monoisotopic (exact) mass is 288 g/mol. The molecule has 0 fully saturated rings. The van der Waals surface area contributed by atoms with Crippen molar-refractivity contribution in [3.63, 3.8) is 0 Å². The minimum Gasteiger partial charge on any atom is -0.381 e. The van der Waals surface area contributed by atoms with Crippen LogP contribution in [0.1, 0.15) is 32.8 Å². The van der Waals surface area contributed by atoms with E-state index in [9.17, 15) is 0 Å². The lowest BCUT2D eigenvalue weighted by molar-refractivity contribution is 0.450. The maximum absolute atomic E-state index is 5.80. The first-order chi connectivity index (χ1) is 9.47. The molecule has 1 aromatic heterocycles. The van der Waals surface area contributed by atoms with E-state index in [1.54, 1.807) is 12.3 Å². The van der Waals surface area contributed by atoms with Crippen molar-refractivity contribution in [2.45, 2.75) is 38.6 Å². The molecule has 2 aromatic rings. The number of benzene rings is 1. The molecule has 1 heterocycles. The summed E-state index contributed by atoms with van der Waals surface area (Å²) in [6.45, 7) is 6.75. The van der Waals surface area contributed by atoms with Crippen LogP contribution in [0.2, 0.25) is 5.15 Å². The second-order valence-electron chi connectivity index (χ2n) is 5.87. The Morgan fingerprint density at radius 1 is 1.15 bits per heavy atom. The lowest BCUT2D eigenvalue weighted by Gasteiger charge is -2.29. The molecule has 1 aromatic carbocycles. The van der Waals surface area contributed by atoms with Crippen molar-refractivity contribution in [2.75, 3.05) is 5.32 Å². The third kappa shape index (κ3) is 3.97. The van der Waals surface area contributed by atoms with Gasteiger partial charge in [0.25, 0.3) is 0 Å². The molecule has 1 unspecified atom stereocenters. The van der Waals surface area contributed by atoms with E-state index in [-0.39, 0.29) is 5.41 Å². The predicted octanol–water partition coefficient (Wildman–Crippen LogP) is 4.90. The molecule has 1 atom stereocenters. The highest BCUT2D eigenvalue weighted by Crippen LogP contribution is 2.29. The highest BCUT2D eigenvalue weighted by molar-refractivity contribution is 6.29. The number of nitrogens with one attached hydrogen (secondary N) is 1. The SMILES string of the molecule is CC(CC(C)(C)c1ccccc1)Nc1ccc(Cl)nc1. The summed E-state index contributed by atoms with van der Waals surface area (Å²) >= 11 is 5.80. The normalized spacial score (nSPS) is 13.0. The van der Waals surface area contributed by atoms with E-state index >= 15 is 0 Å². The molecule has 0 aliphatic rings. The predicted molar refractivity (Wildman–Crippen MR) is 86.4 cm³/mol. The number of pyridine rings is 1. The van der Waals surface area contributed by atoms with Crippen LogP contribution in [0, 0.1) is 0 Å². The summed E-state index contributed by atoms with van der Waals surface area (Å²) in [4.78, 5) is 4.09. The average molecular weight is 289 g/mol. The highest BCUT2D eigenvalue weighted by Gasteiger charge is 2.23. The number of hydrogen-bond acceptors (Lipinski definition) is 2. The fraction of sp³-hybridized carbons (Fsp3) is 0.353. The van der Waals surface area contributed by atoms with Crippen molar-refractivity contribution in [3.05, 3.63) is 59.4 Å². The minimum atomic E-state index is 0.132. The van der Waals surface area contributed by atoms with Crippen LogP contribution in [-0.4, -0.2) is 11.0 Å². The summed E-state index contributed by atoms with van der Waals surface area (Å²) in [7, 11) is 0. The molecule has 2 nitrogen and oxygen atoms in total. The highest BCUT2D eigenvalue weighted by atomic mass is 35.5. The van der Waals surface area contributed by atoms with Crippen molar-refractivity contribution in [2.24, 2.45) is 0 Å². The van der Waals surface area contributed by atoms with Gasteiger partial charge in [-0.1, -0.05) is 55.8 Å². The number of hydrogen-bond donors (Lipinski definition) is 1. The smallest absolute Gasteiger partial charge is 0.129 e. The summed E-state index contributed by atoms with van der Waals surface area (Å²) in [5.41, 5.74) is 2.50. The van der Waals surface area contributed by atoms with Crippen LogP contribution in [0.15, 0.2) is 48.7 Å². The zero-order valence-electron chi connectivity index (χ0n) is 12.2. The molecule has 0 aliphatic heterocycles. The molecule has 3 heteroatoms. The molecule has 2 rings (SSSR count). The number of rotatable bonds is 5. The molecule has 0 amide bonds. The Morgan fingerprint density at radius 2 is 1.85 bits per heavy atom. The van der Waals surface area contributed by atoms with Gasteiger partial charge in [-0.15, -0.1) is 0 Å². The Labute approximate surface area is 126 Å². The quantitative estimate of drug-likeness (QED) is 0.791. The van der Waals surface area contributed by atoms with Gasteiger partial charge in [-0.05, 0) is 36.5 Å². The molecule has 0 bridgehead atoms. The second-order valence-corrected chi connectivity index (χ2v) is 6.26. The molecule has 0 saturated heterocycles. The third-order valence-electron chi connectivity index (χ3n) is 3.51. The third-order valence-corrected chi connectivity index (χ3v) is 3.74. The van der Waals surface area contributed by atoms with Gasteiger partial charge in [-0.3, -0.25) is 0 Å². The van der Waals surface area contributed by atoms with E-state index in [1.807, 2.05) is 6.07 Å². The Balaban J connectivity index is 2.00. The Kier molecular flexibility index (Phi) is 4.66. The number of halogens is 1. The van der Waals surface area contributed by atoms with Crippen LogP contribution in [-0.2, 0) is 5.41 Å². The van der Waals surface area contributed by atoms with Crippen molar-refractivity contribution >= 4 is 17.3 Å². The minimum absolute atomic E-state index is 0.132. The number of nitrogens with zero attached hydrogens (tertiary/aromatic N) is 1. The largest absolute Gasteiger partial charge is 0.381 e. The van der Waals surface area contributed by atoms with Crippen LogP contribution < -0.4 is 5.32 Å². The fourth-order valence-electron chi connectivity index (χ4n) is 2.57. The van der Waals surface area contributed by atoms with Crippen molar-refractivity contribution in [3.8, 4) is 0 Å². The molecule has 0 saturated carbocycles. The van der Waals surface area contributed by atoms with Gasteiger partial charge in [0.15, 0.2) is 0 Å². The molecule has 20 heavy (non-hydrogen) atoms. The van der Waals surface area contributed by atoms with E-state index in [4.69, 9.17) is 11.6 Å². The first-order valence-electron chi connectivity index (χ1n) is 6.91. The van der Waals surface area contributed by atoms with Gasteiger partial charge in [0.2, 0.25) is 0 Å². The molecule has 0 radical (unpaired) electrons. The molecule has 0 spiro atoms. The van der Waals surface area contributed by atoms with Gasteiger partial charge in [-0.2, -0.15) is 0 Å². The first-order valence-corrected chi connectivity index (χ1v) is 7.29. The van der Waals surface area contributed by atoms with Crippen molar-refractivity contribution < 1.29 is 0 Å². The number of aromatic nitrogens is 1. The van der Waals surface area contributed by atoms with Crippen molar-refractivity contribution in [1.29, 1.82) is 0 Å². The van der Waals surface area contributed by atoms with Crippen LogP contribution in [0.25, 0.3) is 0 Å². The molecular formula is C17H21ClN2. The maximum atomic E-state index is 5.80. The standard InChI is InChI=1S/C17H21ClN2/c1-13(20-15-9-10-16(18)19-12-15)11-17(2,3)14-7-5-4-6-8-14/h4-10,12-13,20H,11H2,1-3H3. The van der Waals surface area contributed by atoms with Crippen LogP contribution >= 0.6 is 11.6 Å². The van der Waals surface area contributed by atoms with Crippen LogP contribution in [0.4, 0.5) is 5.69 Å². The van der Waals surface area contributed by atoms with E-state index < -0.39 is 0 Å². The second kappa shape index (κ2) is 6.27. The van der Waals surface area contributed by atoms with Gasteiger partial charge in [0.05, 0.1) is 11.9 Å². The van der Waals surface area contributed by atoms with Gasteiger partial charge in [0, 0.05) is 6.04 Å². The van der Waals surface area contributed by atoms with Crippen LogP contribution in [0.3, 0.4) is 0 Å². The van der Waals surface area contributed by atoms with E-state index in [0.29, 0.717) is 11.2 Å². The topological polar surface area (TPSA) is 24.9 Å². The zero-order chi connectivity index (χ0) is 14.6. The maximum Gasteiger partial charge on any atom is 0.129 e. The summed E-state index contributed by atoms with van der Waals surface area (Å²) < 4.78 is 0. The van der Waals surface area contributed by atoms with E-state index in [2.05, 4.69) is 61.4 Å². The van der Waals surface area contributed by atoms with Gasteiger partial charge in [0.1, 0.15) is 5.15 Å². The molecule has 106 valence electrons. The molecule has 1 N–H and O–H groups in total. The summed E-state index contributed by atoms with van der Waals surface area (Å²) in [5.74, 6) is 0. The summed E-state index contributed by atoms with van der Waals surface area (Å²) in [6.07, 6.45) is 2.81. The molecule has 0 aliphatic carbocycles. The Bertz CT molecular complexity index is 535. The number of anilines is 1. The average Bonchev–Trinajstić information content (AvgIpc) is 2.42. The lowest BCUT2D eigenvalue weighted by Crippen LogP contribution is -2.27. The lowest BCUT2D eigenvalue weighted by atomic mass is 9.79. The van der Waals surface area contributed by atoms with Gasteiger partial charge >= 0.3 is 0 Å². The zero-order valence-corrected chi connectivity index (χ0v) is 13.0. The summed E-state index contributed by atoms with van der Waals surface area (Å²) in [5, 5.41) is 3.99. The first kappa shape index (κ1) is 14.9. The fourth-order valence-corrected chi connectivity index (χ4v) is 2.68. The van der Waals surface area contributed by atoms with Gasteiger partial charge < -0.3 is 5.32 Å². The van der Waals surface area contributed by atoms with Gasteiger partial charge in [-0.25, -0.2) is 4.98 Å². The van der Waals surface area contributed by atoms with Crippen LogP contribution in [0.5, 0.6) is 0 Å². The Hall–Kier alpha value is -1.54. The van der Waals surface area contributed by atoms with E-state index in [0.717, 1.165) is 12.1 Å². The summed E-state index contributed by atoms with van der Waals surface area (Å²) in [6, 6.07) is 14.7. The van der Waals surface area contributed by atoms with Crippen molar-refractivity contribution in [1.82, 2.24) is 4.98 Å².